The van der Waals surface area contributed by atoms with Gasteiger partial charge in [0.25, 0.3) is 5.56 Å². The van der Waals surface area contributed by atoms with Gasteiger partial charge in [-0.2, -0.15) is 0 Å². The molecule has 3 aromatic heterocycles. The van der Waals surface area contributed by atoms with Crippen LogP contribution in [-0.2, 0) is 19.6 Å². The molecule has 0 bridgehead atoms. The maximum Gasteiger partial charge on any atom is 0.267 e. The molecule has 0 saturated carbocycles. The van der Waals surface area contributed by atoms with Crippen LogP contribution in [0.2, 0.25) is 0 Å². The Morgan fingerprint density at radius 3 is 2.67 bits per heavy atom. The Kier molecular flexibility index (Phi) is 6.43. The molecule has 5 aromatic rings. The van der Waals surface area contributed by atoms with E-state index in [0.717, 1.165) is 17.0 Å². The van der Waals surface area contributed by atoms with E-state index < -0.39 is 0 Å². The molecule has 184 valence electrons. The number of hydrogen-bond acceptors (Lipinski definition) is 5. The number of aromatic nitrogens is 3. The summed E-state index contributed by atoms with van der Waals surface area (Å²) < 4.78 is 29.1. The molecule has 0 spiro atoms. The van der Waals surface area contributed by atoms with Crippen LogP contribution in [0.3, 0.4) is 0 Å². The maximum atomic E-state index is 14.6. The second kappa shape index (κ2) is 9.83. The Morgan fingerprint density at radius 1 is 1.08 bits per heavy atom. The minimum absolute atomic E-state index is 0.181. The molecule has 0 aliphatic carbocycles. The third-order valence-electron chi connectivity index (χ3n) is 6.34. The fourth-order valence-corrected chi connectivity index (χ4v) is 4.55. The van der Waals surface area contributed by atoms with Gasteiger partial charge in [-0.15, -0.1) is 0 Å². The van der Waals surface area contributed by atoms with E-state index in [4.69, 9.17) is 9.15 Å². The van der Waals surface area contributed by atoms with Gasteiger partial charge in [0.2, 0.25) is 0 Å². The largest absolute Gasteiger partial charge is 0.497 e. The zero-order chi connectivity index (χ0) is 25.2. The number of imidazole rings is 1. The van der Waals surface area contributed by atoms with Crippen molar-refractivity contribution in [3.63, 3.8) is 0 Å². The summed E-state index contributed by atoms with van der Waals surface area (Å²) in [7, 11) is 3.53. The quantitative estimate of drug-likeness (QED) is 0.312. The lowest BCUT2D eigenvalue weighted by molar-refractivity contribution is 0.280. The number of methoxy groups -OCH3 is 1. The molecule has 0 saturated heterocycles. The smallest absolute Gasteiger partial charge is 0.267 e. The Labute approximate surface area is 208 Å². The van der Waals surface area contributed by atoms with Crippen LogP contribution < -0.4 is 10.3 Å². The second-order valence-corrected chi connectivity index (χ2v) is 8.79. The number of hydrogen-bond donors (Lipinski definition) is 0. The van der Waals surface area contributed by atoms with Crippen molar-refractivity contribution < 1.29 is 13.5 Å². The van der Waals surface area contributed by atoms with E-state index in [1.807, 2.05) is 65.9 Å². The van der Waals surface area contributed by atoms with Gasteiger partial charge in [0.05, 0.1) is 44.8 Å². The van der Waals surface area contributed by atoms with Gasteiger partial charge in [-0.25, -0.2) is 13.8 Å². The summed E-state index contributed by atoms with van der Waals surface area (Å²) in [6.07, 6.45) is 3.32. The van der Waals surface area contributed by atoms with Crippen molar-refractivity contribution in [2.24, 2.45) is 0 Å². The van der Waals surface area contributed by atoms with E-state index in [9.17, 15) is 9.18 Å². The number of nitrogens with zero attached hydrogens (tertiary/aromatic N) is 4. The monoisotopic (exact) mass is 486 g/mol. The summed E-state index contributed by atoms with van der Waals surface area (Å²) >= 11 is 0. The highest BCUT2D eigenvalue weighted by molar-refractivity contribution is 5.68. The molecule has 0 N–H and O–H groups in total. The standard InChI is InChI=1S/C28H27FN4O3/c1-19-27(20-9-6-10-22(14-20)35-3)28(34)33-25(18-31(2)17-23-11-7-13-36-23)30-15-26(33)32(19)16-21-8-4-5-12-24(21)29/h4-15H,16-18H2,1-3H3. The van der Waals surface area contributed by atoms with Gasteiger partial charge in [0, 0.05) is 11.3 Å². The normalized spacial score (nSPS) is 11.5. The number of benzene rings is 2. The molecule has 8 heteroatoms. The van der Waals surface area contributed by atoms with E-state index in [-0.39, 0.29) is 17.9 Å². The van der Waals surface area contributed by atoms with Crippen molar-refractivity contribution in [1.82, 2.24) is 18.9 Å². The summed E-state index contributed by atoms with van der Waals surface area (Å²) in [4.78, 5) is 20.6. The molecule has 5 rings (SSSR count). The SMILES string of the molecule is COc1cccc(-c2c(C)n(Cc3ccccc3F)c3cnc(CN(C)Cc4ccco4)n3c2=O)c1. The van der Waals surface area contributed by atoms with Gasteiger partial charge in [-0.3, -0.25) is 9.69 Å². The fraction of sp³-hybridized carbons (Fsp3) is 0.214. The molecule has 0 fully saturated rings. The highest BCUT2D eigenvalue weighted by atomic mass is 19.1. The highest BCUT2D eigenvalue weighted by Crippen LogP contribution is 2.26. The molecule has 0 aliphatic rings. The lowest BCUT2D eigenvalue weighted by Crippen LogP contribution is -2.27. The van der Waals surface area contributed by atoms with E-state index in [1.165, 1.54) is 6.07 Å². The predicted octanol–water partition coefficient (Wildman–Crippen LogP) is 4.89. The molecule has 3 heterocycles. The van der Waals surface area contributed by atoms with Crippen molar-refractivity contribution in [3.05, 3.63) is 112 Å². The van der Waals surface area contributed by atoms with Crippen LogP contribution in [0.25, 0.3) is 16.8 Å². The molecular formula is C28H27FN4O3. The first-order chi connectivity index (χ1) is 17.5. The number of rotatable bonds is 8. The Morgan fingerprint density at radius 2 is 1.92 bits per heavy atom. The molecular weight excluding hydrogens is 459 g/mol. The third-order valence-corrected chi connectivity index (χ3v) is 6.34. The van der Waals surface area contributed by atoms with Gasteiger partial charge in [-0.1, -0.05) is 30.3 Å². The number of halogens is 1. The summed E-state index contributed by atoms with van der Waals surface area (Å²) in [6.45, 7) is 3.13. The molecule has 0 radical (unpaired) electrons. The average molecular weight is 487 g/mol. The van der Waals surface area contributed by atoms with Gasteiger partial charge in [0.1, 0.15) is 28.8 Å². The predicted molar refractivity (Wildman–Crippen MR) is 136 cm³/mol. The number of ether oxygens (including phenoxy) is 1. The van der Waals surface area contributed by atoms with Crippen LogP contribution in [0.15, 0.2) is 82.3 Å². The summed E-state index contributed by atoms with van der Waals surface area (Å²) in [6, 6.07) is 17.8. The fourth-order valence-electron chi connectivity index (χ4n) is 4.55. The van der Waals surface area contributed by atoms with E-state index in [0.29, 0.717) is 41.4 Å². The first-order valence-corrected chi connectivity index (χ1v) is 11.6. The Hall–Kier alpha value is -4.17. The van der Waals surface area contributed by atoms with Crippen LogP contribution in [-0.4, -0.2) is 33.0 Å². The van der Waals surface area contributed by atoms with E-state index in [1.54, 1.807) is 36.1 Å². The topological polar surface area (TPSA) is 64.9 Å². The van der Waals surface area contributed by atoms with E-state index in [2.05, 4.69) is 4.98 Å². The molecule has 2 aromatic carbocycles. The van der Waals surface area contributed by atoms with Gasteiger partial charge >= 0.3 is 0 Å². The van der Waals surface area contributed by atoms with Crippen LogP contribution >= 0.6 is 0 Å². The zero-order valence-corrected chi connectivity index (χ0v) is 20.4. The molecule has 36 heavy (non-hydrogen) atoms. The molecule has 0 atom stereocenters. The Bertz CT molecular complexity index is 1570. The van der Waals surface area contributed by atoms with Gasteiger partial charge in [0.15, 0.2) is 0 Å². The highest BCUT2D eigenvalue weighted by Gasteiger charge is 2.21. The van der Waals surface area contributed by atoms with Crippen molar-refractivity contribution in [2.45, 2.75) is 26.6 Å². The minimum atomic E-state index is -0.297. The van der Waals surface area contributed by atoms with Crippen LogP contribution in [0.5, 0.6) is 5.75 Å². The van der Waals surface area contributed by atoms with Crippen LogP contribution in [0.1, 0.15) is 22.8 Å². The van der Waals surface area contributed by atoms with E-state index >= 15 is 0 Å². The Balaban J connectivity index is 1.68. The molecule has 0 aliphatic heterocycles. The molecule has 0 amide bonds. The summed E-state index contributed by atoms with van der Waals surface area (Å²) in [5.41, 5.74) is 2.92. The first-order valence-electron chi connectivity index (χ1n) is 11.6. The first kappa shape index (κ1) is 23.6. The average Bonchev–Trinajstić information content (AvgIpc) is 3.53. The van der Waals surface area contributed by atoms with Crippen LogP contribution in [0, 0.1) is 12.7 Å². The lowest BCUT2D eigenvalue weighted by atomic mass is 10.0. The molecule has 7 nitrogen and oxygen atoms in total. The van der Waals surface area contributed by atoms with Crippen LogP contribution in [0.4, 0.5) is 4.39 Å². The van der Waals surface area contributed by atoms with Gasteiger partial charge in [-0.05, 0) is 49.9 Å². The summed E-state index contributed by atoms with van der Waals surface area (Å²) in [5, 5.41) is 0. The van der Waals surface area contributed by atoms with Crippen molar-refractivity contribution in [3.8, 4) is 16.9 Å². The number of furan rings is 1. The lowest BCUT2D eigenvalue weighted by Gasteiger charge is -2.19. The minimum Gasteiger partial charge on any atom is -0.497 e. The number of fused-ring (bicyclic) bond motifs is 1. The van der Waals surface area contributed by atoms with Gasteiger partial charge < -0.3 is 13.7 Å². The van der Waals surface area contributed by atoms with Crippen molar-refractivity contribution in [1.29, 1.82) is 0 Å². The van der Waals surface area contributed by atoms with Crippen molar-refractivity contribution >= 4 is 5.65 Å². The third kappa shape index (κ3) is 4.43. The summed E-state index contributed by atoms with van der Waals surface area (Å²) in [5.74, 6) is 1.77. The van der Waals surface area contributed by atoms with Crippen molar-refractivity contribution in [2.75, 3.05) is 14.2 Å². The molecule has 0 unspecified atom stereocenters. The second-order valence-electron chi connectivity index (χ2n) is 8.79. The maximum absolute atomic E-state index is 14.6. The zero-order valence-electron chi connectivity index (χ0n) is 20.4.